The summed E-state index contributed by atoms with van der Waals surface area (Å²) in [6, 6.07) is 5.79. The number of aryl methyl sites for hydroxylation is 1. The fourth-order valence-electron chi connectivity index (χ4n) is 3.21. The summed E-state index contributed by atoms with van der Waals surface area (Å²) >= 11 is 0. The van der Waals surface area contributed by atoms with Gasteiger partial charge in [0.2, 0.25) is 11.8 Å². The highest BCUT2D eigenvalue weighted by atomic mass is 16.2. The average molecular weight is 328 g/mol. The standard InChI is InChI=1S/C20H28N2O2/c1-12(2)10-15-18(20(15,5)6)19(24)21-11-17(23)22-16-9-7-8-13(3)14(16)4/h7-10,15,18H,11H2,1-6H3,(H,21,24)(H,22,23)/t15-,18-/m1/s1. The van der Waals surface area contributed by atoms with E-state index in [0.717, 1.165) is 16.8 Å². The van der Waals surface area contributed by atoms with Crippen molar-refractivity contribution in [1.29, 1.82) is 0 Å². The van der Waals surface area contributed by atoms with Crippen LogP contribution in [0.15, 0.2) is 29.8 Å². The number of carbonyl (C=O) groups is 2. The fourth-order valence-corrected chi connectivity index (χ4v) is 3.21. The van der Waals surface area contributed by atoms with Crippen LogP contribution in [0.5, 0.6) is 0 Å². The first kappa shape index (κ1) is 18.2. The average Bonchev–Trinajstić information content (AvgIpc) is 3.01. The predicted octanol–water partition coefficient (Wildman–Crippen LogP) is 3.60. The van der Waals surface area contributed by atoms with E-state index in [9.17, 15) is 9.59 Å². The molecule has 1 aliphatic carbocycles. The Balaban J connectivity index is 1.89. The van der Waals surface area contributed by atoms with Crippen molar-refractivity contribution in [2.75, 3.05) is 11.9 Å². The van der Waals surface area contributed by atoms with E-state index in [1.807, 2.05) is 45.9 Å². The van der Waals surface area contributed by atoms with Gasteiger partial charge in [0.05, 0.1) is 12.5 Å². The van der Waals surface area contributed by atoms with E-state index in [4.69, 9.17) is 0 Å². The number of carbonyl (C=O) groups excluding carboxylic acids is 2. The third-order valence-electron chi connectivity index (χ3n) is 5.01. The van der Waals surface area contributed by atoms with Crippen molar-refractivity contribution in [2.24, 2.45) is 17.3 Å². The van der Waals surface area contributed by atoms with Gasteiger partial charge in [-0.15, -0.1) is 0 Å². The third-order valence-corrected chi connectivity index (χ3v) is 5.01. The van der Waals surface area contributed by atoms with Gasteiger partial charge in [-0.1, -0.05) is 37.6 Å². The Bertz CT molecular complexity index is 685. The Morgan fingerprint density at radius 3 is 2.50 bits per heavy atom. The SMILES string of the molecule is CC(C)=C[C@@H]1[C@H](C(=O)NCC(=O)Nc2cccc(C)c2C)C1(C)C. The topological polar surface area (TPSA) is 58.2 Å². The van der Waals surface area contributed by atoms with Crippen molar-refractivity contribution in [1.82, 2.24) is 5.32 Å². The number of hydrogen-bond acceptors (Lipinski definition) is 2. The van der Waals surface area contributed by atoms with Crippen molar-refractivity contribution in [3.63, 3.8) is 0 Å². The normalized spacial score (nSPS) is 20.9. The van der Waals surface area contributed by atoms with Crippen LogP contribution in [0.25, 0.3) is 0 Å². The number of allylic oxidation sites excluding steroid dienone is 2. The van der Waals surface area contributed by atoms with Crippen molar-refractivity contribution in [2.45, 2.75) is 41.5 Å². The highest BCUT2D eigenvalue weighted by Crippen LogP contribution is 2.59. The summed E-state index contributed by atoms with van der Waals surface area (Å²) in [5, 5.41) is 5.64. The molecule has 0 spiro atoms. The number of rotatable bonds is 5. The molecule has 0 aromatic heterocycles. The summed E-state index contributed by atoms with van der Waals surface area (Å²) in [6.45, 7) is 12.3. The summed E-state index contributed by atoms with van der Waals surface area (Å²) in [6.07, 6.45) is 2.15. The molecule has 1 fully saturated rings. The molecule has 2 rings (SSSR count). The van der Waals surface area contributed by atoms with Crippen molar-refractivity contribution < 1.29 is 9.59 Å². The Kier molecular flexibility index (Phi) is 5.16. The van der Waals surface area contributed by atoms with E-state index in [0.29, 0.717) is 0 Å². The van der Waals surface area contributed by atoms with E-state index in [-0.39, 0.29) is 35.6 Å². The van der Waals surface area contributed by atoms with Gasteiger partial charge in [0.15, 0.2) is 0 Å². The third kappa shape index (κ3) is 3.86. The molecule has 1 aromatic rings. The van der Waals surface area contributed by atoms with Crippen LogP contribution in [0, 0.1) is 31.1 Å². The van der Waals surface area contributed by atoms with E-state index in [2.05, 4.69) is 30.6 Å². The molecule has 24 heavy (non-hydrogen) atoms. The summed E-state index contributed by atoms with van der Waals surface area (Å²) in [5.74, 6) is -0.0432. The summed E-state index contributed by atoms with van der Waals surface area (Å²) in [5.41, 5.74) is 4.15. The van der Waals surface area contributed by atoms with Crippen LogP contribution in [-0.2, 0) is 9.59 Å². The lowest BCUT2D eigenvalue weighted by atomic mass is 10.1. The first-order chi connectivity index (χ1) is 11.1. The number of amides is 2. The second-order valence-electron chi connectivity index (χ2n) is 7.58. The maximum absolute atomic E-state index is 12.4. The minimum absolute atomic E-state index is 0.000334. The first-order valence-corrected chi connectivity index (χ1v) is 8.43. The number of benzene rings is 1. The molecule has 0 aliphatic heterocycles. The zero-order chi connectivity index (χ0) is 18.1. The second kappa shape index (κ2) is 6.80. The van der Waals surface area contributed by atoms with Gasteiger partial charge in [-0.05, 0) is 56.2 Å². The van der Waals surface area contributed by atoms with Gasteiger partial charge in [-0.25, -0.2) is 0 Å². The lowest BCUT2D eigenvalue weighted by Gasteiger charge is -2.11. The van der Waals surface area contributed by atoms with Gasteiger partial charge in [0, 0.05) is 5.69 Å². The Morgan fingerprint density at radius 1 is 1.21 bits per heavy atom. The van der Waals surface area contributed by atoms with Gasteiger partial charge in [-0.2, -0.15) is 0 Å². The predicted molar refractivity (Wildman–Crippen MR) is 97.7 cm³/mol. The molecular formula is C20H28N2O2. The highest BCUT2D eigenvalue weighted by molar-refractivity contribution is 5.96. The van der Waals surface area contributed by atoms with E-state index in [1.165, 1.54) is 5.57 Å². The quantitative estimate of drug-likeness (QED) is 0.812. The Hall–Kier alpha value is -2.10. The van der Waals surface area contributed by atoms with E-state index in [1.54, 1.807) is 0 Å². The van der Waals surface area contributed by atoms with Crippen LogP contribution in [0.2, 0.25) is 0 Å². The van der Waals surface area contributed by atoms with Crippen LogP contribution in [0.1, 0.15) is 38.8 Å². The molecule has 4 nitrogen and oxygen atoms in total. The molecule has 0 unspecified atom stereocenters. The summed E-state index contributed by atoms with van der Waals surface area (Å²) < 4.78 is 0. The number of anilines is 1. The minimum Gasteiger partial charge on any atom is -0.347 e. The molecule has 0 heterocycles. The van der Waals surface area contributed by atoms with E-state index < -0.39 is 0 Å². The maximum atomic E-state index is 12.4. The molecule has 0 saturated heterocycles. The second-order valence-corrected chi connectivity index (χ2v) is 7.58. The van der Waals surface area contributed by atoms with Crippen molar-refractivity contribution in [3.8, 4) is 0 Å². The molecule has 1 aromatic carbocycles. The number of nitrogens with one attached hydrogen (secondary N) is 2. The Morgan fingerprint density at radius 2 is 1.88 bits per heavy atom. The van der Waals surface area contributed by atoms with Crippen molar-refractivity contribution in [3.05, 3.63) is 41.0 Å². The van der Waals surface area contributed by atoms with Gasteiger partial charge in [0.1, 0.15) is 0 Å². The Labute approximate surface area is 144 Å². The molecule has 1 saturated carbocycles. The van der Waals surface area contributed by atoms with Crippen LogP contribution in [0.3, 0.4) is 0 Å². The number of hydrogen-bond donors (Lipinski definition) is 2. The summed E-state index contributed by atoms with van der Waals surface area (Å²) in [4.78, 5) is 24.5. The lowest BCUT2D eigenvalue weighted by Crippen LogP contribution is -2.34. The first-order valence-electron chi connectivity index (χ1n) is 8.43. The minimum atomic E-state index is -0.200. The van der Waals surface area contributed by atoms with Crippen LogP contribution >= 0.6 is 0 Å². The smallest absolute Gasteiger partial charge is 0.243 e. The largest absolute Gasteiger partial charge is 0.347 e. The molecule has 130 valence electrons. The van der Waals surface area contributed by atoms with Crippen LogP contribution in [0.4, 0.5) is 5.69 Å². The lowest BCUT2D eigenvalue weighted by molar-refractivity contribution is -0.125. The van der Waals surface area contributed by atoms with Crippen LogP contribution < -0.4 is 10.6 Å². The highest BCUT2D eigenvalue weighted by Gasteiger charge is 2.60. The van der Waals surface area contributed by atoms with Gasteiger partial charge in [-0.3, -0.25) is 9.59 Å². The maximum Gasteiger partial charge on any atom is 0.243 e. The molecule has 1 aliphatic rings. The monoisotopic (exact) mass is 328 g/mol. The van der Waals surface area contributed by atoms with Gasteiger partial charge < -0.3 is 10.6 Å². The molecule has 0 bridgehead atoms. The fraction of sp³-hybridized carbons (Fsp3) is 0.500. The van der Waals surface area contributed by atoms with Gasteiger partial charge in [0.25, 0.3) is 0 Å². The molecule has 2 N–H and O–H groups in total. The molecule has 2 amide bonds. The molecule has 4 heteroatoms. The summed E-state index contributed by atoms with van der Waals surface area (Å²) in [7, 11) is 0. The van der Waals surface area contributed by atoms with Gasteiger partial charge >= 0.3 is 0 Å². The zero-order valence-electron chi connectivity index (χ0n) is 15.5. The zero-order valence-corrected chi connectivity index (χ0v) is 15.5. The van der Waals surface area contributed by atoms with Crippen molar-refractivity contribution >= 4 is 17.5 Å². The molecule has 0 radical (unpaired) electrons. The molecular weight excluding hydrogens is 300 g/mol. The van der Waals surface area contributed by atoms with E-state index >= 15 is 0 Å². The molecule has 2 atom stereocenters. The van der Waals surface area contributed by atoms with Crippen LogP contribution in [-0.4, -0.2) is 18.4 Å².